The number of aryl methyl sites for hydroxylation is 1. The number of halogens is 3. The number of hydrogen-bond donors (Lipinski definition) is 1. The minimum Gasteiger partial charge on any atom is -0.477 e. The summed E-state index contributed by atoms with van der Waals surface area (Å²) < 4.78 is 39.9. The standard InChI is InChI=1S/C12H7F3O2S/c1-5-2-9(12(16)17)18-11(5)10-7(14)3-6(13)4-8(10)15/h2-4H,1H3,(H,16,17). The Morgan fingerprint density at radius 2 is 1.72 bits per heavy atom. The molecule has 0 aliphatic heterocycles. The molecule has 18 heavy (non-hydrogen) atoms. The summed E-state index contributed by atoms with van der Waals surface area (Å²) in [5.41, 5.74) is 0.0354. The van der Waals surface area contributed by atoms with Crippen LogP contribution in [0.2, 0.25) is 0 Å². The molecule has 0 saturated heterocycles. The molecule has 0 saturated carbocycles. The summed E-state index contributed by atoms with van der Waals surface area (Å²) >= 11 is 0.753. The van der Waals surface area contributed by atoms with Gasteiger partial charge in [-0.2, -0.15) is 0 Å². The van der Waals surface area contributed by atoms with Gasteiger partial charge in [-0.15, -0.1) is 11.3 Å². The molecule has 0 aliphatic rings. The van der Waals surface area contributed by atoms with E-state index in [0.29, 0.717) is 17.7 Å². The molecular formula is C12H7F3O2S. The first-order valence-electron chi connectivity index (χ1n) is 4.88. The molecular weight excluding hydrogens is 265 g/mol. The number of carboxylic acid groups (broad SMARTS) is 1. The van der Waals surface area contributed by atoms with Crippen molar-refractivity contribution in [1.82, 2.24) is 0 Å². The van der Waals surface area contributed by atoms with E-state index >= 15 is 0 Å². The van der Waals surface area contributed by atoms with Gasteiger partial charge in [0.05, 0.1) is 5.56 Å². The Labute approximate surface area is 104 Å². The third-order valence-corrected chi connectivity index (χ3v) is 3.61. The molecule has 1 N–H and O–H groups in total. The Hall–Kier alpha value is -1.82. The summed E-state index contributed by atoms with van der Waals surface area (Å²) in [6.07, 6.45) is 0. The zero-order chi connectivity index (χ0) is 13.4. The molecule has 0 radical (unpaired) electrons. The predicted molar refractivity (Wildman–Crippen MR) is 61.3 cm³/mol. The van der Waals surface area contributed by atoms with Crippen LogP contribution in [0.3, 0.4) is 0 Å². The van der Waals surface area contributed by atoms with E-state index in [0.717, 1.165) is 11.3 Å². The third kappa shape index (κ3) is 2.11. The third-order valence-electron chi connectivity index (χ3n) is 2.36. The highest BCUT2D eigenvalue weighted by Crippen LogP contribution is 2.36. The summed E-state index contributed by atoms with van der Waals surface area (Å²) in [7, 11) is 0. The monoisotopic (exact) mass is 272 g/mol. The maximum absolute atomic E-state index is 13.6. The molecule has 0 atom stereocenters. The van der Waals surface area contributed by atoms with Crippen molar-refractivity contribution >= 4 is 17.3 Å². The number of carboxylic acids is 1. The maximum Gasteiger partial charge on any atom is 0.345 e. The Balaban J connectivity index is 2.66. The van der Waals surface area contributed by atoms with Gasteiger partial charge >= 0.3 is 5.97 Å². The van der Waals surface area contributed by atoms with Crippen molar-refractivity contribution in [3.63, 3.8) is 0 Å². The van der Waals surface area contributed by atoms with E-state index in [-0.39, 0.29) is 9.75 Å². The first kappa shape index (κ1) is 12.6. The Morgan fingerprint density at radius 1 is 1.17 bits per heavy atom. The second-order valence-corrected chi connectivity index (χ2v) is 4.72. The van der Waals surface area contributed by atoms with E-state index in [4.69, 9.17) is 5.11 Å². The normalized spacial score (nSPS) is 10.7. The van der Waals surface area contributed by atoms with Crippen LogP contribution in [0.1, 0.15) is 15.2 Å². The second-order valence-electron chi connectivity index (χ2n) is 3.67. The largest absolute Gasteiger partial charge is 0.477 e. The molecule has 1 aromatic carbocycles. The number of hydrogen-bond acceptors (Lipinski definition) is 2. The number of thiophene rings is 1. The van der Waals surface area contributed by atoms with Crippen molar-refractivity contribution < 1.29 is 23.1 Å². The number of benzene rings is 1. The van der Waals surface area contributed by atoms with Crippen molar-refractivity contribution in [3.05, 3.63) is 46.1 Å². The van der Waals surface area contributed by atoms with Crippen LogP contribution in [0.15, 0.2) is 18.2 Å². The van der Waals surface area contributed by atoms with Crippen molar-refractivity contribution in [1.29, 1.82) is 0 Å². The lowest BCUT2D eigenvalue weighted by molar-refractivity contribution is 0.0702. The molecule has 6 heteroatoms. The van der Waals surface area contributed by atoms with Gasteiger partial charge in [0.25, 0.3) is 0 Å². The van der Waals surface area contributed by atoms with Crippen LogP contribution in [0, 0.1) is 24.4 Å². The molecule has 0 unspecified atom stereocenters. The molecule has 0 spiro atoms. The molecule has 1 heterocycles. The Kier molecular flexibility index (Phi) is 3.13. The zero-order valence-corrected chi connectivity index (χ0v) is 9.95. The first-order chi connectivity index (χ1) is 8.40. The van der Waals surface area contributed by atoms with Crippen LogP contribution in [0.4, 0.5) is 13.2 Å². The van der Waals surface area contributed by atoms with E-state index in [9.17, 15) is 18.0 Å². The lowest BCUT2D eigenvalue weighted by Crippen LogP contribution is -1.91. The molecule has 1 aromatic heterocycles. The SMILES string of the molecule is Cc1cc(C(=O)O)sc1-c1c(F)cc(F)cc1F. The fourth-order valence-electron chi connectivity index (χ4n) is 1.59. The molecule has 0 amide bonds. The van der Waals surface area contributed by atoms with Gasteiger partial charge < -0.3 is 5.11 Å². The Morgan fingerprint density at radius 3 is 2.17 bits per heavy atom. The highest BCUT2D eigenvalue weighted by atomic mass is 32.1. The maximum atomic E-state index is 13.6. The number of rotatable bonds is 2. The van der Waals surface area contributed by atoms with E-state index in [1.165, 1.54) is 6.07 Å². The fraction of sp³-hybridized carbons (Fsp3) is 0.0833. The average molecular weight is 272 g/mol. The van der Waals surface area contributed by atoms with E-state index in [1.807, 2.05) is 0 Å². The molecule has 94 valence electrons. The first-order valence-corrected chi connectivity index (χ1v) is 5.70. The lowest BCUT2D eigenvalue weighted by atomic mass is 10.1. The quantitative estimate of drug-likeness (QED) is 0.901. The highest BCUT2D eigenvalue weighted by molar-refractivity contribution is 7.17. The van der Waals surface area contributed by atoms with E-state index in [2.05, 4.69) is 0 Å². The fourth-order valence-corrected chi connectivity index (χ4v) is 2.65. The van der Waals surface area contributed by atoms with Crippen LogP contribution in [0.5, 0.6) is 0 Å². The van der Waals surface area contributed by atoms with Crippen LogP contribution in [-0.2, 0) is 0 Å². The van der Waals surface area contributed by atoms with E-state index in [1.54, 1.807) is 6.92 Å². The minimum atomic E-state index is -1.17. The zero-order valence-electron chi connectivity index (χ0n) is 9.13. The summed E-state index contributed by atoms with van der Waals surface area (Å²) in [5, 5.41) is 8.82. The minimum absolute atomic E-state index is 0.0226. The molecule has 2 rings (SSSR count). The summed E-state index contributed by atoms with van der Waals surface area (Å²) in [6.45, 7) is 1.54. The predicted octanol–water partition coefficient (Wildman–Crippen LogP) is 3.84. The summed E-state index contributed by atoms with van der Waals surface area (Å²) in [4.78, 5) is 10.9. The lowest BCUT2D eigenvalue weighted by Gasteiger charge is -2.04. The van der Waals surface area contributed by atoms with Crippen LogP contribution >= 0.6 is 11.3 Å². The van der Waals surface area contributed by atoms with Gasteiger partial charge in [-0.25, -0.2) is 18.0 Å². The topological polar surface area (TPSA) is 37.3 Å². The van der Waals surface area contributed by atoms with Gasteiger partial charge in [0.15, 0.2) is 0 Å². The van der Waals surface area contributed by atoms with Crippen LogP contribution in [0.25, 0.3) is 10.4 Å². The van der Waals surface area contributed by atoms with Crippen LogP contribution in [-0.4, -0.2) is 11.1 Å². The molecule has 0 aliphatic carbocycles. The number of aromatic carboxylic acids is 1. The van der Waals surface area contributed by atoms with Crippen molar-refractivity contribution in [3.8, 4) is 10.4 Å². The molecule has 2 nitrogen and oxygen atoms in total. The average Bonchev–Trinajstić information content (AvgIpc) is 2.59. The molecule has 0 bridgehead atoms. The van der Waals surface area contributed by atoms with Gasteiger partial charge in [0, 0.05) is 17.0 Å². The molecule has 0 fully saturated rings. The van der Waals surface area contributed by atoms with Gasteiger partial charge in [0.2, 0.25) is 0 Å². The Bertz CT molecular complexity index is 611. The second kappa shape index (κ2) is 4.45. The van der Waals surface area contributed by atoms with Crippen molar-refractivity contribution in [2.75, 3.05) is 0 Å². The number of carbonyl (C=O) groups is 1. The molecule has 2 aromatic rings. The highest BCUT2D eigenvalue weighted by Gasteiger charge is 2.19. The van der Waals surface area contributed by atoms with Gasteiger partial charge in [0.1, 0.15) is 22.3 Å². The summed E-state index contributed by atoms with van der Waals surface area (Å²) in [5.74, 6) is -4.28. The van der Waals surface area contributed by atoms with Crippen molar-refractivity contribution in [2.45, 2.75) is 6.92 Å². The van der Waals surface area contributed by atoms with Gasteiger partial charge in [-0.3, -0.25) is 0 Å². The van der Waals surface area contributed by atoms with Crippen molar-refractivity contribution in [2.24, 2.45) is 0 Å². The van der Waals surface area contributed by atoms with Gasteiger partial charge in [-0.1, -0.05) is 0 Å². The van der Waals surface area contributed by atoms with Crippen LogP contribution < -0.4 is 0 Å². The summed E-state index contributed by atoms with van der Waals surface area (Å²) in [6, 6.07) is 2.46. The van der Waals surface area contributed by atoms with E-state index < -0.39 is 29.0 Å². The van der Waals surface area contributed by atoms with Gasteiger partial charge in [-0.05, 0) is 18.6 Å². The smallest absolute Gasteiger partial charge is 0.345 e.